The minimum absolute atomic E-state index is 1.04. The fourth-order valence-corrected chi connectivity index (χ4v) is 2.57. The van der Waals surface area contributed by atoms with Gasteiger partial charge in [0.1, 0.15) is 0 Å². The molecule has 3 nitrogen and oxygen atoms in total. The van der Waals surface area contributed by atoms with Gasteiger partial charge in [0.05, 0.1) is 0 Å². The fourth-order valence-electron chi connectivity index (χ4n) is 2.57. The molecule has 1 aliphatic rings. The van der Waals surface area contributed by atoms with Gasteiger partial charge < -0.3 is 15.1 Å². The van der Waals surface area contributed by atoms with Gasteiger partial charge in [-0.2, -0.15) is 0 Å². The number of rotatable bonds is 5. The first kappa shape index (κ1) is 13.2. The second-order valence-electron chi connectivity index (χ2n) is 5.37. The van der Waals surface area contributed by atoms with Crippen molar-refractivity contribution in [2.75, 3.05) is 50.5 Å². The van der Waals surface area contributed by atoms with E-state index in [-0.39, 0.29) is 0 Å². The molecule has 1 fully saturated rings. The molecular formula is C15H25N3. The number of nitrogens with one attached hydrogen (secondary N) is 1. The van der Waals surface area contributed by atoms with E-state index in [1.807, 2.05) is 0 Å². The van der Waals surface area contributed by atoms with Crippen LogP contribution in [0.3, 0.4) is 0 Å². The van der Waals surface area contributed by atoms with E-state index in [4.69, 9.17) is 0 Å². The van der Waals surface area contributed by atoms with Crippen molar-refractivity contribution in [2.24, 2.45) is 0 Å². The molecule has 0 aliphatic carbocycles. The van der Waals surface area contributed by atoms with Gasteiger partial charge in [-0.1, -0.05) is 6.07 Å². The van der Waals surface area contributed by atoms with Gasteiger partial charge in [-0.05, 0) is 50.6 Å². The Hall–Kier alpha value is -1.22. The highest BCUT2D eigenvalue weighted by Gasteiger charge is 2.10. The fraction of sp³-hybridized carbons (Fsp3) is 0.600. The van der Waals surface area contributed by atoms with Gasteiger partial charge in [-0.25, -0.2) is 0 Å². The van der Waals surface area contributed by atoms with E-state index in [9.17, 15) is 0 Å². The van der Waals surface area contributed by atoms with Crippen LogP contribution in [0.2, 0.25) is 0 Å². The first-order chi connectivity index (χ1) is 8.66. The molecule has 0 unspecified atom stereocenters. The van der Waals surface area contributed by atoms with Crippen LogP contribution in [0.1, 0.15) is 18.4 Å². The van der Waals surface area contributed by atoms with Crippen LogP contribution in [0, 0.1) is 6.92 Å². The predicted octanol–water partition coefficient (Wildman–Crippen LogP) is 2.57. The topological polar surface area (TPSA) is 18.5 Å². The summed E-state index contributed by atoms with van der Waals surface area (Å²) in [5, 5.41) is 3.53. The Labute approximate surface area is 111 Å². The standard InChI is InChI=1S/C15H25N3/c1-13-6-7-14(12-15(13)17(2)3)16-8-11-18-9-4-5-10-18/h6-7,12,16H,4-5,8-11H2,1-3H3. The van der Waals surface area contributed by atoms with Crippen LogP contribution in [0.4, 0.5) is 11.4 Å². The summed E-state index contributed by atoms with van der Waals surface area (Å²) in [6, 6.07) is 6.60. The molecule has 0 spiro atoms. The number of anilines is 2. The summed E-state index contributed by atoms with van der Waals surface area (Å²) in [6.45, 7) is 6.90. The van der Waals surface area contributed by atoms with E-state index in [1.54, 1.807) is 0 Å². The summed E-state index contributed by atoms with van der Waals surface area (Å²) in [4.78, 5) is 4.70. The lowest BCUT2D eigenvalue weighted by atomic mass is 10.1. The average Bonchev–Trinajstić information content (AvgIpc) is 2.84. The molecule has 1 aliphatic heterocycles. The van der Waals surface area contributed by atoms with Gasteiger partial charge in [0, 0.05) is 38.6 Å². The largest absolute Gasteiger partial charge is 0.384 e. The number of hydrogen-bond acceptors (Lipinski definition) is 3. The summed E-state index contributed by atoms with van der Waals surface area (Å²) >= 11 is 0. The normalized spacial score (nSPS) is 15.9. The SMILES string of the molecule is Cc1ccc(NCCN2CCCC2)cc1N(C)C. The highest BCUT2D eigenvalue weighted by Crippen LogP contribution is 2.22. The maximum absolute atomic E-state index is 3.53. The molecule has 0 atom stereocenters. The van der Waals surface area contributed by atoms with Gasteiger partial charge >= 0.3 is 0 Å². The minimum Gasteiger partial charge on any atom is -0.384 e. The minimum atomic E-state index is 1.04. The van der Waals surface area contributed by atoms with Crippen LogP contribution in [0.25, 0.3) is 0 Å². The zero-order valence-electron chi connectivity index (χ0n) is 11.9. The molecule has 0 bridgehead atoms. The molecule has 1 N–H and O–H groups in total. The molecular weight excluding hydrogens is 222 g/mol. The molecule has 1 aromatic carbocycles. The molecule has 0 radical (unpaired) electrons. The van der Waals surface area contributed by atoms with Gasteiger partial charge in [0.2, 0.25) is 0 Å². The molecule has 1 saturated heterocycles. The Bertz CT molecular complexity index is 381. The van der Waals surface area contributed by atoms with E-state index in [1.165, 1.54) is 42.9 Å². The molecule has 1 heterocycles. The quantitative estimate of drug-likeness (QED) is 0.862. The van der Waals surface area contributed by atoms with Crippen molar-refractivity contribution in [3.63, 3.8) is 0 Å². The number of likely N-dealkylation sites (tertiary alicyclic amines) is 1. The zero-order chi connectivity index (χ0) is 13.0. The summed E-state index contributed by atoms with van der Waals surface area (Å²) in [5.74, 6) is 0. The Morgan fingerprint density at radius 1 is 1.22 bits per heavy atom. The van der Waals surface area contributed by atoms with E-state index in [0.717, 1.165) is 13.1 Å². The predicted molar refractivity (Wildman–Crippen MR) is 79.7 cm³/mol. The summed E-state index contributed by atoms with van der Waals surface area (Å²) in [7, 11) is 4.19. The first-order valence-electron chi connectivity index (χ1n) is 6.91. The van der Waals surface area contributed by atoms with Gasteiger partial charge in [0.25, 0.3) is 0 Å². The molecule has 2 rings (SSSR count). The molecule has 0 saturated carbocycles. The average molecular weight is 247 g/mol. The number of nitrogens with zero attached hydrogens (tertiary/aromatic N) is 2. The van der Waals surface area contributed by atoms with Crippen LogP contribution in [0.5, 0.6) is 0 Å². The molecule has 0 aromatic heterocycles. The second-order valence-corrected chi connectivity index (χ2v) is 5.37. The van der Waals surface area contributed by atoms with Gasteiger partial charge in [-0.15, -0.1) is 0 Å². The van der Waals surface area contributed by atoms with Crippen molar-refractivity contribution in [1.29, 1.82) is 0 Å². The van der Waals surface area contributed by atoms with Crippen LogP contribution in [-0.2, 0) is 0 Å². The summed E-state index contributed by atoms with van der Waals surface area (Å²) in [5.41, 5.74) is 3.84. The smallest absolute Gasteiger partial charge is 0.0411 e. The van der Waals surface area contributed by atoms with E-state index in [0.29, 0.717) is 0 Å². The van der Waals surface area contributed by atoms with E-state index in [2.05, 4.69) is 54.3 Å². The van der Waals surface area contributed by atoms with Gasteiger partial charge in [-0.3, -0.25) is 0 Å². The second kappa shape index (κ2) is 6.10. The summed E-state index contributed by atoms with van der Waals surface area (Å²) in [6.07, 6.45) is 2.74. The highest BCUT2D eigenvalue weighted by molar-refractivity contribution is 5.61. The number of aryl methyl sites for hydroxylation is 1. The molecule has 3 heteroatoms. The van der Waals surface area contributed by atoms with Crippen molar-refractivity contribution in [1.82, 2.24) is 4.90 Å². The Kier molecular flexibility index (Phi) is 4.48. The lowest BCUT2D eigenvalue weighted by molar-refractivity contribution is 0.352. The van der Waals surface area contributed by atoms with Crippen molar-refractivity contribution in [3.8, 4) is 0 Å². The maximum atomic E-state index is 3.53. The van der Waals surface area contributed by atoms with Gasteiger partial charge in [0.15, 0.2) is 0 Å². The third kappa shape index (κ3) is 3.39. The summed E-state index contributed by atoms with van der Waals surface area (Å²) < 4.78 is 0. The molecule has 18 heavy (non-hydrogen) atoms. The molecule has 0 amide bonds. The molecule has 100 valence electrons. The zero-order valence-corrected chi connectivity index (χ0v) is 11.9. The van der Waals surface area contributed by atoms with E-state index >= 15 is 0 Å². The lowest BCUT2D eigenvalue weighted by Gasteiger charge is -2.19. The molecule has 1 aromatic rings. The van der Waals surface area contributed by atoms with Crippen LogP contribution in [-0.4, -0.2) is 45.2 Å². The highest BCUT2D eigenvalue weighted by atomic mass is 15.1. The van der Waals surface area contributed by atoms with Crippen molar-refractivity contribution < 1.29 is 0 Å². The monoisotopic (exact) mass is 247 g/mol. The Balaban J connectivity index is 1.86. The lowest BCUT2D eigenvalue weighted by Crippen LogP contribution is -2.26. The van der Waals surface area contributed by atoms with Crippen LogP contribution >= 0.6 is 0 Å². The first-order valence-corrected chi connectivity index (χ1v) is 6.91. The maximum Gasteiger partial charge on any atom is 0.0411 e. The number of benzene rings is 1. The van der Waals surface area contributed by atoms with E-state index < -0.39 is 0 Å². The third-order valence-corrected chi connectivity index (χ3v) is 3.65. The Morgan fingerprint density at radius 2 is 1.94 bits per heavy atom. The van der Waals surface area contributed by atoms with Crippen LogP contribution in [0.15, 0.2) is 18.2 Å². The van der Waals surface area contributed by atoms with Crippen molar-refractivity contribution in [2.45, 2.75) is 19.8 Å². The Morgan fingerprint density at radius 3 is 2.61 bits per heavy atom. The van der Waals surface area contributed by atoms with Crippen LogP contribution < -0.4 is 10.2 Å². The van der Waals surface area contributed by atoms with Crippen molar-refractivity contribution >= 4 is 11.4 Å². The van der Waals surface area contributed by atoms with Crippen molar-refractivity contribution in [3.05, 3.63) is 23.8 Å². The third-order valence-electron chi connectivity index (χ3n) is 3.65. The number of hydrogen-bond donors (Lipinski definition) is 1.